The Balaban J connectivity index is 1.72. The number of esters is 1. The van der Waals surface area contributed by atoms with Crippen LogP contribution in [0.25, 0.3) is 0 Å². The van der Waals surface area contributed by atoms with Crippen LogP contribution in [0.2, 0.25) is 0 Å². The molecule has 3 heterocycles. The number of nitrogens with zero attached hydrogens (tertiary/aromatic N) is 2. The van der Waals surface area contributed by atoms with Crippen molar-refractivity contribution in [2.24, 2.45) is 5.92 Å². The largest absolute Gasteiger partial charge is 0.465 e. The zero-order valence-corrected chi connectivity index (χ0v) is 17.9. The third kappa shape index (κ3) is 3.77. The number of carbonyl (C=O) groups is 2. The van der Waals surface area contributed by atoms with Crippen molar-refractivity contribution in [1.82, 2.24) is 9.21 Å². The van der Waals surface area contributed by atoms with E-state index in [-0.39, 0.29) is 27.9 Å². The van der Waals surface area contributed by atoms with Crippen LogP contribution in [0, 0.1) is 5.92 Å². The minimum Gasteiger partial charge on any atom is -0.465 e. The summed E-state index contributed by atoms with van der Waals surface area (Å²) in [5.41, 5.74) is 0. The first-order chi connectivity index (χ1) is 13.3. The SMILES string of the molecule is CCC(C)C1COC(=O)N1C1CCN(S(=O)(=O)c2ccsc2C(=O)OC)CC1. The lowest BCUT2D eigenvalue weighted by molar-refractivity contribution is 0.0601. The lowest BCUT2D eigenvalue weighted by atomic mass is 9.95. The molecule has 0 radical (unpaired) electrons. The molecule has 8 nitrogen and oxygen atoms in total. The average molecular weight is 431 g/mol. The van der Waals surface area contributed by atoms with Gasteiger partial charge >= 0.3 is 12.1 Å². The maximum absolute atomic E-state index is 13.0. The van der Waals surface area contributed by atoms with E-state index in [4.69, 9.17) is 4.74 Å². The van der Waals surface area contributed by atoms with Gasteiger partial charge in [-0.05, 0) is 30.2 Å². The van der Waals surface area contributed by atoms with Crippen molar-refractivity contribution < 1.29 is 27.5 Å². The fourth-order valence-corrected chi connectivity index (χ4v) is 6.60. The molecule has 2 aliphatic heterocycles. The van der Waals surface area contributed by atoms with Gasteiger partial charge in [-0.15, -0.1) is 11.3 Å². The van der Waals surface area contributed by atoms with E-state index in [9.17, 15) is 18.0 Å². The Morgan fingerprint density at radius 1 is 1.39 bits per heavy atom. The molecule has 0 aliphatic carbocycles. The summed E-state index contributed by atoms with van der Waals surface area (Å²) in [5, 5.41) is 1.57. The Bertz CT molecular complexity index is 829. The van der Waals surface area contributed by atoms with Crippen LogP contribution >= 0.6 is 11.3 Å². The Hall–Kier alpha value is -1.65. The second-order valence-electron chi connectivity index (χ2n) is 7.18. The maximum Gasteiger partial charge on any atom is 0.410 e. The Morgan fingerprint density at radius 2 is 2.07 bits per heavy atom. The first-order valence-corrected chi connectivity index (χ1v) is 11.7. The van der Waals surface area contributed by atoms with Crippen LogP contribution in [0.1, 0.15) is 42.8 Å². The standard InChI is InChI=1S/C18H26N2O6S2/c1-4-12(2)14-11-26-18(22)20(14)13-5-8-19(9-6-13)28(23,24)15-7-10-27-16(15)17(21)25-3/h7,10,12-14H,4-6,8-9,11H2,1-3H3. The highest BCUT2D eigenvalue weighted by molar-refractivity contribution is 7.89. The molecule has 0 bridgehead atoms. The normalized spacial score (nSPS) is 22.9. The van der Waals surface area contributed by atoms with Gasteiger partial charge in [-0.2, -0.15) is 4.31 Å². The van der Waals surface area contributed by atoms with Crippen molar-refractivity contribution in [2.75, 3.05) is 26.8 Å². The second kappa shape index (κ2) is 8.38. The van der Waals surface area contributed by atoms with Gasteiger partial charge in [0.15, 0.2) is 0 Å². The molecule has 2 aliphatic rings. The number of ether oxygens (including phenoxy) is 2. The first-order valence-electron chi connectivity index (χ1n) is 9.42. The van der Waals surface area contributed by atoms with Crippen molar-refractivity contribution in [1.29, 1.82) is 0 Å². The summed E-state index contributed by atoms with van der Waals surface area (Å²) in [7, 11) is -2.56. The van der Waals surface area contributed by atoms with E-state index < -0.39 is 16.0 Å². The van der Waals surface area contributed by atoms with Crippen molar-refractivity contribution in [3.05, 3.63) is 16.3 Å². The molecule has 10 heteroatoms. The highest BCUT2D eigenvalue weighted by atomic mass is 32.2. The molecule has 28 heavy (non-hydrogen) atoms. The molecule has 0 saturated carbocycles. The number of piperidine rings is 1. The molecule has 1 amide bonds. The highest BCUT2D eigenvalue weighted by Crippen LogP contribution is 2.32. The zero-order chi connectivity index (χ0) is 20.5. The van der Waals surface area contributed by atoms with Crippen molar-refractivity contribution >= 4 is 33.4 Å². The van der Waals surface area contributed by atoms with Crippen LogP contribution in [-0.4, -0.2) is 68.6 Å². The molecule has 2 atom stereocenters. The third-order valence-electron chi connectivity index (χ3n) is 5.68. The highest BCUT2D eigenvalue weighted by Gasteiger charge is 2.43. The summed E-state index contributed by atoms with van der Waals surface area (Å²) in [6, 6.07) is 1.44. The molecule has 2 saturated heterocycles. The number of amides is 1. The predicted octanol–water partition coefficient (Wildman–Crippen LogP) is 2.55. The van der Waals surface area contributed by atoms with Gasteiger partial charge in [0, 0.05) is 19.1 Å². The van der Waals surface area contributed by atoms with Crippen molar-refractivity contribution in [2.45, 2.75) is 50.1 Å². The van der Waals surface area contributed by atoms with E-state index in [0.717, 1.165) is 17.8 Å². The van der Waals surface area contributed by atoms with Crippen LogP contribution < -0.4 is 0 Å². The van der Waals surface area contributed by atoms with Crippen LogP contribution in [0.5, 0.6) is 0 Å². The third-order valence-corrected chi connectivity index (χ3v) is 8.65. The lowest BCUT2D eigenvalue weighted by Crippen LogP contribution is -2.51. The summed E-state index contributed by atoms with van der Waals surface area (Å²) in [5.74, 6) is -0.332. The number of thiophene rings is 1. The smallest absolute Gasteiger partial charge is 0.410 e. The molecule has 0 N–H and O–H groups in total. The summed E-state index contributed by atoms with van der Waals surface area (Å²) in [6.07, 6.45) is 1.72. The van der Waals surface area contributed by atoms with Gasteiger partial charge in [0.05, 0.1) is 13.2 Å². The number of hydrogen-bond acceptors (Lipinski definition) is 7. The Labute approximate surface area is 169 Å². The minimum absolute atomic E-state index is 0.0131. The van der Waals surface area contributed by atoms with Gasteiger partial charge in [0.1, 0.15) is 16.4 Å². The van der Waals surface area contributed by atoms with Gasteiger partial charge in [0.25, 0.3) is 0 Å². The van der Waals surface area contributed by atoms with Crippen molar-refractivity contribution in [3.8, 4) is 0 Å². The van der Waals surface area contributed by atoms with E-state index in [1.807, 2.05) is 4.90 Å². The lowest BCUT2D eigenvalue weighted by Gasteiger charge is -2.38. The second-order valence-corrected chi connectivity index (χ2v) is 10.0. The molecule has 2 unspecified atom stereocenters. The monoisotopic (exact) mass is 430 g/mol. The van der Waals surface area contributed by atoms with E-state index >= 15 is 0 Å². The predicted molar refractivity (Wildman–Crippen MR) is 104 cm³/mol. The summed E-state index contributed by atoms with van der Waals surface area (Å²) in [4.78, 5) is 26.0. The molecular weight excluding hydrogens is 404 g/mol. The molecule has 156 valence electrons. The number of hydrogen-bond donors (Lipinski definition) is 0. The fourth-order valence-electron chi connectivity index (χ4n) is 3.82. The first kappa shape index (κ1) is 21.1. The number of cyclic esters (lactones) is 1. The van der Waals surface area contributed by atoms with Crippen LogP contribution in [-0.2, 0) is 19.5 Å². The van der Waals surface area contributed by atoms with Crippen LogP contribution in [0.4, 0.5) is 4.79 Å². The fraction of sp³-hybridized carbons (Fsp3) is 0.667. The molecule has 1 aromatic rings. The van der Waals surface area contributed by atoms with Crippen LogP contribution in [0.15, 0.2) is 16.3 Å². The van der Waals surface area contributed by atoms with E-state index in [0.29, 0.717) is 38.5 Å². The minimum atomic E-state index is -3.79. The number of methoxy groups -OCH3 is 1. The van der Waals surface area contributed by atoms with Crippen molar-refractivity contribution in [3.63, 3.8) is 0 Å². The molecule has 0 spiro atoms. The van der Waals surface area contributed by atoms with Gasteiger partial charge in [-0.3, -0.25) is 4.90 Å². The quantitative estimate of drug-likeness (QED) is 0.644. The maximum atomic E-state index is 13.0. The topological polar surface area (TPSA) is 93.2 Å². The van der Waals surface area contributed by atoms with Gasteiger partial charge in [-0.25, -0.2) is 18.0 Å². The van der Waals surface area contributed by atoms with E-state index in [2.05, 4.69) is 18.6 Å². The van der Waals surface area contributed by atoms with E-state index in [1.165, 1.54) is 17.5 Å². The van der Waals surface area contributed by atoms with Gasteiger partial charge in [-0.1, -0.05) is 20.3 Å². The van der Waals surface area contributed by atoms with Crippen LogP contribution in [0.3, 0.4) is 0 Å². The summed E-state index contributed by atoms with van der Waals surface area (Å²) >= 11 is 1.05. The Kier molecular flexibility index (Phi) is 6.31. The molecule has 2 fully saturated rings. The Morgan fingerprint density at radius 3 is 2.68 bits per heavy atom. The average Bonchev–Trinajstić information content (AvgIpc) is 3.34. The number of sulfonamides is 1. The van der Waals surface area contributed by atoms with Gasteiger partial charge in [0.2, 0.25) is 10.0 Å². The zero-order valence-electron chi connectivity index (χ0n) is 16.3. The molecule has 3 rings (SSSR count). The molecule has 1 aromatic heterocycles. The summed E-state index contributed by atoms with van der Waals surface area (Å²) in [6.45, 7) is 5.16. The molecular formula is C18H26N2O6S2. The number of carbonyl (C=O) groups excluding carboxylic acids is 2. The number of rotatable bonds is 6. The van der Waals surface area contributed by atoms with Gasteiger partial charge < -0.3 is 9.47 Å². The summed E-state index contributed by atoms with van der Waals surface area (Å²) < 4.78 is 37.4. The molecule has 0 aromatic carbocycles. The van der Waals surface area contributed by atoms with E-state index in [1.54, 1.807) is 5.38 Å².